The van der Waals surface area contributed by atoms with Crippen molar-refractivity contribution in [2.24, 2.45) is 0 Å². The molecule has 0 aliphatic carbocycles. The summed E-state index contributed by atoms with van der Waals surface area (Å²) in [5.41, 5.74) is 1.49. The number of H-pyrrole nitrogens is 1. The van der Waals surface area contributed by atoms with Crippen LogP contribution in [0.4, 0.5) is 5.82 Å². The van der Waals surface area contributed by atoms with Gasteiger partial charge in [-0.05, 0) is 44.2 Å². The molecule has 0 spiro atoms. The summed E-state index contributed by atoms with van der Waals surface area (Å²) >= 11 is 6.52. The van der Waals surface area contributed by atoms with Crippen molar-refractivity contribution < 1.29 is 9.53 Å². The van der Waals surface area contributed by atoms with Gasteiger partial charge in [-0.25, -0.2) is 9.97 Å². The Bertz CT molecular complexity index is 1320. The van der Waals surface area contributed by atoms with Gasteiger partial charge in [-0.1, -0.05) is 36.7 Å². The number of nitrogens with zero attached hydrogens (tertiary/aromatic N) is 3. The summed E-state index contributed by atoms with van der Waals surface area (Å²) in [6, 6.07) is 15.3. The van der Waals surface area contributed by atoms with E-state index in [0.29, 0.717) is 50.5 Å². The first-order valence-electron chi connectivity index (χ1n) is 11.4. The quantitative estimate of drug-likeness (QED) is 0.342. The van der Waals surface area contributed by atoms with E-state index >= 15 is 0 Å². The minimum Gasteiger partial charge on any atom is -0.457 e. The van der Waals surface area contributed by atoms with Crippen molar-refractivity contribution in [1.82, 2.24) is 19.9 Å². The van der Waals surface area contributed by atoms with Gasteiger partial charge in [0.15, 0.2) is 5.78 Å². The van der Waals surface area contributed by atoms with E-state index in [0.717, 1.165) is 19.4 Å². The van der Waals surface area contributed by atoms with Crippen molar-refractivity contribution in [2.45, 2.75) is 31.8 Å². The first-order valence-corrected chi connectivity index (χ1v) is 11.8. The number of fused-ring (bicyclic) bond motifs is 1. The fourth-order valence-corrected chi connectivity index (χ4v) is 4.88. The lowest BCUT2D eigenvalue weighted by Crippen LogP contribution is -2.26. The largest absolute Gasteiger partial charge is 0.457 e. The number of carbonyl (C=O) groups excluding carboxylic acids is 1. The van der Waals surface area contributed by atoms with Crippen molar-refractivity contribution in [3.63, 3.8) is 0 Å². The zero-order valence-corrected chi connectivity index (χ0v) is 19.8. The molecule has 3 heterocycles. The summed E-state index contributed by atoms with van der Waals surface area (Å²) in [6.07, 6.45) is 5.31. The van der Waals surface area contributed by atoms with Gasteiger partial charge in [0.2, 0.25) is 0 Å². The molecule has 2 N–H and O–H groups in total. The van der Waals surface area contributed by atoms with Crippen LogP contribution in [-0.2, 0) is 0 Å². The summed E-state index contributed by atoms with van der Waals surface area (Å²) in [6.45, 7) is 3.13. The minimum atomic E-state index is -0.199. The predicted octanol–water partition coefficient (Wildman–Crippen LogP) is 5.53. The van der Waals surface area contributed by atoms with E-state index in [4.69, 9.17) is 16.3 Å². The Morgan fingerprint density at radius 2 is 2.00 bits per heavy atom. The number of aromatic nitrogens is 3. The second kappa shape index (κ2) is 9.44. The molecule has 1 fully saturated rings. The Morgan fingerprint density at radius 3 is 2.74 bits per heavy atom. The number of nitrogens with one attached hydrogen (secondary N) is 2. The van der Waals surface area contributed by atoms with Gasteiger partial charge in [0.1, 0.15) is 29.3 Å². The molecule has 8 heteroatoms. The predicted molar refractivity (Wildman–Crippen MR) is 134 cm³/mol. The number of benzene rings is 2. The van der Waals surface area contributed by atoms with Crippen LogP contribution in [0.2, 0.25) is 5.02 Å². The summed E-state index contributed by atoms with van der Waals surface area (Å²) in [5, 5.41) is 4.54. The van der Waals surface area contributed by atoms with Gasteiger partial charge in [0, 0.05) is 36.5 Å². The van der Waals surface area contributed by atoms with Gasteiger partial charge < -0.3 is 19.9 Å². The van der Waals surface area contributed by atoms with Crippen LogP contribution in [0.1, 0.15) is 35.7 Å². The maximum atomic E-state index is 13.5. The third kappa shape index (κ3) is 4.36. The molecule has 34 heavy (non-hydrogen) atoms. The number of halogens is 1. The number of para-hydroxylation sites is 1. The first-order chi connectivity index (χ1) is 16.5. The van der Waals surface area contributed by atoms with E-state index in [9.17, 15) is 4.79 Å². The van der Waals surface area contributed by atoms with E-state index in [2.05, 4.69) is 39.1 Å². The lowest BCUT2D eigenvalue weighted by molar-refractivity contribution is 0.104. The van der Waals surface area contributed by atoms with Crippen LogP contribution in [0.5, 0.6) is 11.5 Å². The van der Waals surface area contributed by atoms with E-state index in [1.165, 1.54) is 6.33 Å². The van der Waals surface area contributed by atoms with Crippen LogP contribution in [0.15, 0.2) is 61.1 Å². The second-order valence-electron chi connectivity index (χ2n) is 8.61. The molecule has 174 valence electrons. The molecular weight excluding hydrogens is 450 g/mol. The Labute approximate surface area is 203 Å². The molecule has 0 bridgehead atoms. The number of ketones is 1. The van der Waals surface area contributed by atoms with Gasteiger partial charge in [0.25, 0.3) is 0 Å². The average Bonchev–Trinajstić information content (AvgIpc) is 3.43. The number of likely N-dealkylation sites (N-methyl/N-ethyl adjacent to an activating group) is 1. The normalized spacial score (nSPS) is 18.3. The van der Waals surface area contributed by atoms with Crippen molar-refractivity contribution in [3.05, 3.63) is 77.2 Å². The molecule has 1 aliphatic rings. The third-order valence-electron chi connectivity index (χ3n) is 6.38. The summed E-state index contributed by atoms with van der Waals surface area (Å²) in [5.74, 6) is 1.72. The average molecular weight is 476 g/mol. The number of anilines is 1. The van der Waals surface area contributed by atoms with Gasteiger partial charge in [-0.15, -0.1) is 0 Å². The third-order valence-corrected chi connectivity index (χ3v) is 6.69. The molecule has 2 aromatic carbocycles. The Hall–Kier alpha value is -3.42. The number of carbonyl (C=O) groups is 1. The first kappa shape index (κ1) is 22.4. The molecule has 1 aliphatic heterocycles. The van der Waals surface area contributed by atoms with E-state index in [-0.39, 0.29) is 11.8 Å². The highest BCUT2D eigenvalue weighted by Crippen LogP contribution is 2.32. The molecule has 2 atom stereocenters. The number of aromatic amines is 1. The van der Waals surface area contributed by atoms with Gasteiger partial charge in [0.05, 0.1) is 16.0 Å². The Morgan fingerprint density at radius 1 is 1.18 bits per heavy atom. The highest BCUT2D eigenvalue weighted by molar-refractivity contribution is 6.35. The fraction of sp³-hybridized carbons (Fsp3) is 0.269. The van der Waals surface area contributed by atoms with Crippen LogP contribution in [-0.4, -0.2) is 51.3 Å². The Balaban J connectivity index is 1.42. The van der Waals surface area contributed by atoms with E-state index < -0.39 is 0 Å². The van der Waals surface area contributed by atoms with Gasteiger partial charge in [-0.2, -0.15) is 0 Å². The van der Waals surface area contributed by atoms with Crippen LogP contribution >= 0.6 is 11.6 Å². The van der Waals surface area contributed by atoms with Gasteiger partial charge in [-0.3, -0.25) is 4.79 Å². The minimum absolute atomic E-state index is 0.199. The van der Waals surface area contributed by atoms with Crippen molar-refractivity contribution in [1.29, 1.82) is 0 Å². The number of hydrogen-bond donors (Lipinski definition) is 2. The standard InChI is InChI=1S/C26H26ClN5O2/c1-3-17-11-16(14-32(17)2)31-26-23-21(13-28-25(23)29-15-30-26)24(33)20-10-9-19(12-22(20)27)34-18-7-5-4-6-8-18/h4-10,12-13,15-17H,3,11,14H2,1-2H3,(H2,28,29,30,31)/t16-,17-/m1/s1. The second-order valence-corrected chi connectivity index (χ2v) is 9.02. The lowest BCUT2D eigenvalue weighted by Gasteiger charge is -2.16. The van der Waals surface area contributed by atoms with E-state index in [1.54, 1.807) is 24.4 Å². The Kier molecular flexibility index (Phi) is 6.22. The highest BCUT2D eigenvalue weighted by Gasteiger charge is 2.29. The molecule has 4 aromatic rings. The van der Waals surface area contributed by atoms with Crippen LogP contribution < -0.4 is 10.1 Å². The number of rotatable bonds is 7. The highest BCUT2D eigenvalue weighted by atomic mass is 35.5. The molecule has 5 rings (SSSR count). The maximum absolute atomic E-state index is 13.5. The zero-order chi connectivity index (χ0) is 23.7. The maximum Gasteiger partial charge on any atom is 0.196 e. The fourth-order valence-electron chi connectivity index (χ4n) is 4.62. The van der Waals surface area contributed by atoms with Crippen molar-refractivity contribution in [3.8, 4) is 11.5 Å². The molecule has 0 unspecified atom stereocenters. The molecule has 7 nitrogen and oxygen atoms in total. The summed E-state index contributed by atoms with van der Waals surface area (Å²) in [7, 11) is 2.14. The van der Waals surface area contributed by atoms with Crippen LogP contribution in [0.25, 0.3) is 11.0 Å². The van der Waals surface area contributed by atoms with Crippen molar-refractivity contribution >= 4 is 34.2 Å². The number of likely N-dealkylation sites (tertiary alicyclic amines) is 1. The summed E-state index contributed by atoms with van der Waals surface area (Å²) < 4.78 is 5.84. The SMILES string of the molecule is CC[C@@H]1C[C@@H](Nc2ncnc3[nH]cc(C(=O)c4ccc(Oc5ccccc5)cc4Cl)c23)CN1C. The zero-order valence-electron chi connectivity index (χ0n) is 19.1. The molecule has 0 radical (unpaired) electrons. The van der Waals surface area contributed by atoms with Gasteiger partial charge >= 0.3 is 0 Å². The molecule has 2 aromatic heterocycles. The molecule has 1 saturated heterocycles. The number of hydrogen-bond acceptors (Lipinski definition) is 6. The van der Waals surface area contributed by atoms with Crippen molar-refractivity contribution in [2.75, 3.05) is 18.9 Å². The topological polar surface area (TPSA) is 83.1 Å². The number of ether oxygens (including phenoxy) is 1. The molecule has 0 amide bonds. The van der Waals surface area contributed by atoms with Crippen LogP contribution in [0, 0.1) is 0 Å². The smallest absolute Gasteiger partial charge is 0.196 e. The van der Waals surface area contributed by atoms with E-state index in [1.807, 2.05) is 30.3 Å². The monoisotopic (exact) mass is 475 g/mol. The molecular formula is C26H26ClN5O2. The van der Waals surface area contributed by atoms with Crippen LogP contribution in [0.3, 0.4) is 0 Å². The summed E-state index contributed by atoms with van der Waals surface area (Å²) in [4.78, 5) is 27.8. The lowest BCUT2D eigenvalue weighted by atomic mass is 10.0. The molecule has 0 saturated carbocycles.